The van der Waals surface area contributed by atoms with Crippen LogP contribution in [-0.2, 0) is 5.41 Å². The van der Waals surface area contributed by atoms with Crippen molar-refractivity contribution in [2.45, 2.75) is 32.1 Å². The van der Waals surface area contributed by atoms with Gasteiger partial charge in [-0.05, 0) is 35.6 Å². The largest absolute Gasteiger partial charge is 0.135 e. The second-order valence-electron chi connectivity index (χ2n) is 6.80. The fourth-order valence-electron chi connectivity index (χ4n) is 4.73. The average molecular weight is 328 g/mol. The molecule has 0 amide bonds. The number of benzene rings is 3. The quantitative estimate of drug-likeness (QED) is 0.367. The van der Waals surface area contributed by atoms with Gasteiger partial charge >= 0.3 is 0 Å². The minimum Gasteiger partial charge on any atom is -0.135 e. The highest BCUT2D eigenvalue weighted by Gasteiger charge is 2.41. The third kappa shape index (κ3) is 1.58. The molecule has 1 aliphatic carbocycles. The molecule has 0 spiro atoms. The van der Waals surface area contributed by atoms with Crippen LogP contribution in [0.2, 0.25) is 0 Å². The molecule has 118 valence electrons. The second kappa shape index (κ2) is 4.94. The van der Waals surface area contributed by atoms with E-state index < -0.39 is 0 Å². The molecule has 0 radical (unpaired) electrons. The van der Waals surface area contributed by atoms with Gasteiger partial charge in [0.2, 0.25) is 0 Å². The van der Waals surface area contributed by atoms with Crippen LogP contribution >= 0.6 is 11.3 Å². The lowest BCUT2D eigenvalue weighted by Gasteiger charge is -2.29. The molecule has 0 nitrogen and oxygen atoms in total. The van der Waals surface area contributed by atoms with Crippen LogP contribution in [0.1, 0.15) is 37.8 Å². The fourth-order valence-corrected chi connectivity index (χ4v) is 5.99. The molecule has 0 fully saturated rings. The summed E-state index contributed by atoms with van der Waals surface area (Å²) < 4.78 is 2.86. The van der Waals surface area contributed by atoms with Crippen molar-refractivity contribution in [3.8, 4) is 11.1 Å². The molecular weight excluding hydrogens is 308 g/mol. The van der Waals surface area contributed by atoms with E-state index in [2.05, 4.69) is 74.5 Å². The maximum Gasteiger partial charge on any atom is 0.0437 e. The smallest absolute Gasteiger partial charge is 0.0437 e. The summed E-state index contributed by atoms with van der Waals surface area (Å²) in [5.41, 5.74) is 6.18. The molecule has 0 saturated heterocycles. The lowest BCUT2D eigenvalue weighted by atomic mass is 9.74. The van der Waals surface area contributed by atoms with Gasteiger partial charge in [0.05, 0.1) is 0 Å². The molecule has 4 aromatic rings. The van der Waals surface area contributed by atoms with Crippen molar-refractivity contribution in [1.82, 2.24) is 0 Å². The summed E-state index contributed by atoms with van der Waals surface area (Å²) in [4.78, 5) is 0. The standard InChI is InChI=1S/C23H20S/c1-3-23(4-2)18-11-7-5-10-17(18)21-19(23)14-13-16-15-9-6-8-12-20(15)24-22(16)21/h5-14H,3-4H2,1-2H3. The maximum absolute atomic E-state index is 2.41. The van der Waals surface area contributed by atoms with E-state index >= 15 is 0 Å². The van der Waals surface area contributed by atoms with Gasteiger partial charge in [-0.1, -0.05) is 68.4 Å². The van der Waals surface area contributed by atoms with Crippen LogP contribution in [0.4, 0.5) is 0 Å². The molecule has 0 N–H and O–H groups in total. The summed E-state index contributed by atoms with van der Waals surface area (Å²) in [6.45, 7) is 4.68. The minimum atomic E-state index is 0.177. The van der Waals surface area contributed by atoms with Gasteiger partial charge in [0, 0.05) is 31.2 Å². The molecule has 24 heavy (non-hydrogen) atoms. The van der Waals surface area contributed by atoms with Gasteiger partial charge in [-0.2, -0.15) is 0 Å². The topological polar surface area (TPSA) is 0 Å². The zero-order valence-electron chi connectivity index (χ0n) is 14.1. The van der Waals surface area contributed by atoms with E-state index in [9.17, 15) is 0 Å². The summed E-state index contributed by atoms with van der Waals surface area (Å²) in [7, 11) is 0. The molecule has 0 saturated carbocycles. The van der Waals surface area contributed by atoms with Gasteiger partial charge < -0.3 is 0 Å². The first-order valence-corrected chi connectivity index (χ1v) is 9.66. The summed E-state index contributed by atoms with van der Waals surface area (Å²) in [6, 6.07) is 22.6. The molecular formula is C23H20S. The van der Waals surface area contributed by atoms with Crippen LogP contribution < -0.4 is 0 Å². The minimum absolute atomic E-state index is 0.177. The Morgan fingerprint density at radius 1 is 0.750 bits per heavy atom. The first-order chi connectivity index (χ1) is 11.8. The fraction of sp³-hybridized carbons (Fsp3) is 0.217. The number of hydrogen-bond donors (Lipinski definition) is 0. The number of fused-ring (bicyclic) bond motifs is 7. The number of hydrogen-bond acceptors (Lipinski definition) is 1. The van der Waals surface area contributed by atoms with Gasteiger partial charge in [-0.25, -0.2) is 0 Å². The van der Waals surface area contributed by atoms with Gasteiger partial charge in [0.15, 0.2) is 0 Å². The Morgan fingerprint density at radius 3 is 2.33 bits per heavy atom. The van der Waals surface area contributed by atoms with Crippen LogP contribution in [0, 0.1) is 0 Å². The van der Waals surface area contributed by atoms with Gasteiger partial charge in [0.25, 0.3) is 0 Å². The van der Waals surface area contributed by atoms with Crippen molar-refractivity contribution in [2.75, 3.05) is 0 Å². The van der Waals surface area contributed by atoms with E-state index in [1.807, 2.05) is 11.3 Å². The third-order valence-electron chi connectivity index (χ3n) is 5.98. The lowest BCUT2D eigenvalue weighted by Crippen LogP contribution is -2.22. The monoisotopic (exact) mass is 328 g/mol. The maximum atomic E-state index is 2.41. The van der Waals surface area contributed by atoms with Crippen molar-refractivity contribution in [3.05, 3.63) is 71.8 Å². The van der Waals surface area contributed by atoms with Gasteiger partial charge in [-0.15, -0.1) is 11.3 Å². The van der Waals surface area contributed by atoms with Crippen LogP contribution in [0.5, 0.6) is 0 Å². The first kappa shape index (κ1) is 14.2. The Bertz CT molecular complexity index is 1080. The Balaban J connectivity index is 1.99. The highest BCUT2D eigenvalue weighted by atomic mass is 32.1. The molecule has 0 unspecified atom stereocenters. The van der Waals surface area contributed by atoms with Crippen LogP contribution in [0.25, 0.3) is 31.3 Å². The predicted octanol–water partition coefficient (Wildman–Crippen LogP) is 7.14. The van der Waals surface area contributed by atoms with E-state index in [0.29, 0.717) is 0 Å². The summed E-state index contributed by atoms with van der Waals surface area (Å²) in [5.74, 6) is 0. The molecule has 1 heteroatoms. The summed E-state index contributed by atoms with van der Waals surface area (Å²) in [5, 5.41) is 2.80. The Labute approximate surface area is 146 Å². The highest BCUT2D eigenvalue weighted by molar-refractivity contribution is 7.26. The van der Waals surface area contributed by atoms with Crippen molar-refractivity contribution in [1.29, 1.82) is 0 Å². The SMILES string of the molecule is CCC1(CC)c2ccccc2-c2c1ccc1c2sc2ccccc21. The van der Waals surface area contributed by atoms with E-state index in [0.717, 1.165) is 12.8 Å². The van der Waals surface area contributed by atoms with E-state index in [4.69, 9.17) is 0 Å². The Morgan fingerprint density at radius 2 is 1.50 bits per heavy atom. The van der Waals surface area contributed by atoms with Crippen LogP contribution in [-0.4, -0.2) is 0 Å². The second-order valence-corrected chi connectivity index (χ2v) is 7.85. The highest BCUT2D eigenvalue weighted by Crippen LogP contribution is 2.56. The average Bonchev–Trinajstić information content (AvgIpc) is 3.15. The third-order valence-corrected chi connectivity index (χ3v) is 7.19. The van der Waals surface area contributed by atoms with Crippen molar-refractivity contribution >= 4 is 31.5 Å². The van der Waals surface area contributed by atoms with Crippen molar-refractivity contribution in [3.63, 3.8) is 0 Å². The molecule has 1 heterocycles. The molecule has 1 aliphatic rings. The molecule has 3 aromatic carbocycles. The molecule has 1 aromatic heterocycles. The van der Waals surface area contributed by atoms with E-state index in [1.165, 1.54) is 42.4 Å². The number of rotatable bonds is 2. The number of thiophene rings is 1. The van der Waals surface area contributed by atoms with Crippen molar-refractivity contribution < 1.29 is 0 Å². The van der Waals surface area contributed by atoms with Gasteiger partial charge in [0.1, 0.15) is 0 Å². The van der Waals surface area contributed by atoms with E-state index in [1.54, 1.807) is 0 Å². The predicted molar refractivity (Wildman–Crippen MR) is 106 cm³/mol. The normalized spacial score (nSPS) is 14.9. The molecule has 0 bridgehead atoms. The molecule has 0 atom stereocenters. The lowest BCUT2D eigenvalue weighted by molar-refractivity contribution is 0.491. The van der Waals surface area contributed by atoms with Crippen molar-refractivity contribution in [2.24, 2.45) is 0 Å². The van der Waals surface area contributed by atoms with Crippen LogP contribution in [0.15, 0.2) is 60.7 Å². The zero-order chi connectivity index (χ0) is 16.3. The molecule has 0 aliphatic heterocycles. The van der Waals surface area contributed by atoms with E-state index in [-0.39, 0.29) is 5.41 Å². The zero-order valence-corrected chi connectivity index (χ0v) is 14.9. The van der Waals surface area contributed by atoms with Crippen LogP contribution in [0.3, 0.4) is 0 Å². The Kier molecular flexibility index (Phi) is 2.93. The summed E-state index contributed by atoms with van der Waals surface area (Å²) in [6.07, 6.45) is 2.31. The van der Waals surface area contributed by atoms with Gasteiger partial charge in [-0.3, -0.25) is 0 Å². The Hall–Kier alpha value is -2.12. The molecule has 5 rings (SSSR count). The first-order valence-electron chi connectivity index (χ1n) is 8.84. The summed E-state index contributed by atoms with van der Waals surface area (Å²) >= 11 is 1.95.